The van der Waals surface area contributed by atoms with Crippen molar-refractivity contribution in [1.82, 2.24) is 4.90 Å². The van der Waals surface area contributed by atoms with Crippen molar-refractivity contribution in [3.8, 4) is 5.75 Å². The number of amides is 2. The molecule has 0 aromatic heterocycles. The molecule has 1 N–H and O–H groups in total. The second-order valence-electron chi connectivity index (χ2n) is 6.62. The maximum atomic E-state index is 12.7. The fourth-order valence-corrected chi connectivity index (χ4v) is 3.75. The lowest BCUT2D eigenvalue weighted by molar-refractivity contribution is -0.0400. The minimum atomic E-state index is -0.738. The molecule has 2 aliphatic rings. The Bertz CT molecular complexity index is 866. The van der Waals surface area contributed by atoms with Crippen LogP contribution in [0.2, 0.25) is 0 Å². The van der Waals surface area contributed by atoms with E-state index in [1.54, 1.807) is 24.1 Å². The fourth-order valence-electron chi connectivity index (χ4n) is 3.75. The molecule has 1 spiro atoms. The summed E-state index contributed by atoms with van der Waals surface area (Å²) < 4.78 is 10.9. The van der Waals surface area contributed by atoms with Gasteiger partial charge in [-0.05, 0) is 31.0 Å². The van der Waals surface area contributed by atoms with E-state index >= 15 is 0 Å². The lowest BCUT2D eigenvalue weighted by atomic mass is 9.85. The number of carbonyl (C=O) groups is 2. The minimum Gasteiger partial charge on any atom is -0.497 e. The molecule has 2 aromatic carbocycles. The molecule has 0 aliphatic carbocycles. The largest absolute Gasteiger partial charge is 0.497 e. The van der Waals surface area contributed by atoms with Gasteiger partial charge in [0.1, 0.15) is 5.75 Å². The molecule has 6 heteroatoms. The number of piperidine rings is 1. The number of anilines is 1. The number of nitrogens with zero attached hydrogens (tertiary/aromatic N) is 1. The van der Waals surface area contributed by atoms with E-state index in [0.717, 1.165) is 18.4 Å². The Balaban J connectivity index is 1.54. The van der Waals surface area contributed by atoms with Crippen LogP contribution in [0, 0.1) is 0 Å². The van der Waals surface area contributed by atoms with Gasteiger partial charge in [0.25, 0.3) is 0 Å². The topological polar surface area (TPSA) is 67.9 Å². The Kier molecular flexibility index (Phi) is 4.03. The van der Waals surface area contributed by atoms with Crippen LogP contribution in [0.3, 0.4) is 0 Å². The van der Waals surface area contributed by atoms with Gasteiger partial charge >= 0.3 is 12.0 Å². The van der Waals surface area contributed by atoms with Crippen LogP contribution in [-0.2, 0) is 10.3 Å². The molecule has 1 saturated heterocycles. The Labute approximate surface area is 151 Å². The molecular formula is C20H20N2O4. The summed E-state index contributed by atoms with van der Waals surface area (Å²) in [5.74, 6) is 0.368. The lowest BCUT2D eigenvalue weighted by Crippen LogP contribution is -2.50. The molecule has 1 atom stereocenters. The number of ether oxygens (including phenoxy) is 2. The highest BCUT2D eigenvalue weighted by atomic mass is 16.6. The van der Waals surface area contributed by atoms with Crippen LogP contribution in [0.4, 0.5) is 10.5 Å². The van der Waals surface area contributed by atoms with Crippen molar-refractivity contribution < 1.29 is 19.1 Å². The Morgan fingerprint density at radius 3 is 2.92 bits per heavy atom. The summed E-state index contributed by atoms with van der Waals surface area (Å²) in [4.78, 5) is 26.7. The lowest BCUT2D eigenvalue weighted by Gasteiger charge is -2.39. The monoisotopic (exact) mass is 352 g/mol. The summed E-state index contributed by atoms with van der Waals surface area (Å²) in [6, 6.07) is 14.4. The van der Waals surface area contributed by atoms with Crippen LogP contribution in [0.1, 0.15) is 28.8 Å². The van der Waals surface area contributed by atoms with Gasteiger partial charge < -0.3 is 19.7 Å². The first kappa shape index (κ1) is 16.4. The average molecular weight is 352 g/mol. The van der Waals surface area contributed by atoms with Gasteiger partial charge in [0.05, 0.1) is 19.2 Å². The number of likely N-dealkylation sites (tertiary alicyclic amines) is 1. The van der Waals surface area contributed by atoms with Gasteiger partial charge in [-0.3, -0.25) is 0 Å². The van der Waals surface area contributed by atoms with E-state index in [0.29, 0.717) is 30.1 Å². The van der Waals surface area contributed by atoms with E-state index in [1.165, 1.54) is 0 Å². The number of carbonyl (C=O) groups excluding carboxylic acids is 2. The second-order valence-corrected chi connectivity index (χ2v) is 6.62. The molecule has 0 radical (unpaired) electrons. The van der Waals surface area contributed by atoms with Crippen LogP contribution in [0.15, 0.2) is 48.5 Å². The quantitative estimate of drug-likeness (QED) is 0.841. The van der Waals surface area contributed by atoms with Crippen molar-refractivity contribution in [1.29, 1.82) is 0 Å². The first-order chi connectivity index (χ1) is 12.6. The summed E-state index contributed by atoms with van der Waals surface area (Å²) in [5, 5.41) is 2.89. The summed E-state index contributed by atoms with van der Waals surface area (Å²) in [6.45, 7) is 0.975. The molecule has 2 amide bonds. The number of esters is 1. The van der Waals surface area contributed by atoms with Crippen LogP contribution in [0.25, 0.3) is 0 Å². The summed E-state index contributed by atoms with van der Waals surface area (Å²) in [7, 11) is 1.58. The maximum absolute atomic E-state index is 12.7. The van der Waals surface area contributed by atoms with Gasteiger partial charge in [0, 0.05) is 23.9 Å². The van der Waals surface area contributed by atoms with E-state index < -0.39 is 5.60 Å². The van der Waals surface area contributed by atoms with E-state index in [1.807, 2.05) is 36.4 Å². The molecule has 1 unspecified atom stereocenters. The smallest absolute Gasteiger partial charge is 0.339 e. The molecule has 0 saturated carbocycles. The first-order valence-corrected chi connectivity index (χ1v) is 8.64. The van der Waals surface area contributed by atoms with E-state index in [2.05, 4.69) is 5.32 Å². The van der Waals surface area contributed by atoms with Crippen molar-refractivity contribution in [3.63, 3.8) is 0 Å². The second kappa shape index (κ2) is 6.37. The zero-order chi connectivity index (χ0) is 18.1. The van der Waals surface area contributed by atoms with Crippen LogP contribution in [-0.4, -0.2) is 37.1 Å². The van der Waals surface area contributed by atoms with Gasteiger partial charge in [-0.15, -0.1) is 0 Å². The van der Waals surface area contributed by atoms with Crippen LogP contribution in [0.5, 0.6) is 5.75 Å². The number of urea groups is 1. The third-order valence-electron chi connectivity index (χ3n) is 4.99. The Hall–Kier alpha value is -3.02. The van der Waals surface area contributed by atoms with Crippen molar-refractivity contribution in [2.45, 2.75) is 18.4 Å². The van der Waals surface area contributed by atoms with Gasteiger partial charge in [0.15, 0.2) is 5.60 Å². The highest BCUT2D eigenvalue weighted by molar-refractivity contribution is 5.95. The number of rotatable bonds is 2. The van der Waals surface area contributed by atoms with Crippen LogP contribution >= 0.6 is 0 Å². The highest BCUT2D eigenvalue weighted by Gasteiger charge is 2.48. The van der Waals surface area contributed by atoms with E-state index in [9.17, 15) is 9.59 Å². The molecule has 6 nitrogen and oxygen atoms in total. The molecule has 26 heavy (non-hydrogen) atoms. The molecule has 2 aromatic rings. The van der Waals surface area contributed by atoms with Gasteiger partial charge in [-0.2, -0.15) is 0 Å². The van der Waals surface area contributed by atoms with Gasteiger partial charge in [0.2, 0.25) is 0 Å². The predicted molar refractivity (Wildman–Crippen MR) is 96.4 cm³/mol. The zero-order valence-electron chi connectivity index (χ0n) is 14.5. The van der Waals surface area contributed by atoms with Crippen molar-refractivity contribution >= 4 is 17.7 Å². The molecule has 2 heterocycles. The maximum Gasteiger partial charge on any atom is 0.339 e. The number of benzene rings is 2. The fraction of sp³-hybridized carbons (Fsp3) is 0.300. The van der Waals surface area contributed by atoms with Crippen molar-refractivity contribution in [3.05, 3.63) is 59.7 Å². The Morgan fingerprint density at radius 2 is 2.08 bits per heavy atom. The van der Waals surface area contributed by atoms with E-state index in [4.69, 9.17) is 9.47 Å². The first-order valence-electron chi connectivity index (χ1n) is 8.64. The molecule has 2 aliphatic heterocycles. The standard InChI is InChI=1S/C20H20N2O4/c1-25-15-7-4-6-14(12-15)21-19(24)22-11-5-10-20(13-22)17-9-3-2-8-16(17)18(23)26-20/h2-4,6-9,12H,5,10-11,13H2,1H3,(H,21,24). The normalized spacial score (nSPS) is 21.3. The SMILES string of the molecule is COc1cccc(NC(=O)N2CCCC3(C2)OC(=O)c2ccccc23)c1. The summed E-state index contributed by atoms with van der Waals surface area (Å²) >= 11 is 0. The Morgan fingerprint density at radius 1 is 1.23 bits per heavy atom. The number of methoxy groups -OCH3 is 1. The molecule has 134 valence electrons. The minimum absolute atomic E-state index is 0.210. The molecule has 0 bridgehead atoms. The molecular weight excluding hydrogens is 332 g/mol. The summed E-state index contributed by atoms with van der Waals surface area (Å²) in [5.41, 5.74) is 1.40. The van der Waals surface area contributed by atoms with Crippen molar-refractivity contribution in [2.24, 2.45) is 0 Å². The van der Waals surface area contributed by atoms with Crippen molar-refractivity contribution in [2.75, 3.05) is 25.5 Å². The van der Waals surface area contributed by atoms with E-state index in [-0.39, 0.29) is 12.0 Å². The molecule has 4 rings (SSSR count). The third-order valence-corrected chi connectivity index (χ3v) is 4.99. The number of hydrogen-bond acceptors (Lipinski definition) is 4. The zero-order valence-corrected chi connectivity index (χ0v) is 14.5. The van der Waals surface area contributed by atoms with Crippen LogP contribution < -0.4 is 10.1 Å². The molecule has 1 fully saturated rings. The summed E-state index contributed by atoms with van der Waals surface area (Å²) in [6.07, 6.45) is 1.49. The number of hydrogen-bond donors (Lipinski definition) is 1. The third kappa shape index (κ3) is 2.77. The van der Waals surface area contributed by atoms with Gasteiger partial charge in [-0.1, -0.05) is 24.3 Å². The number of nitrogens with one attached hydrogen (secondary N) is 1. The average Bonchev–Trinajstić information content (AvgIpc) is 2.94. The predicted octanol–water partition coefficient (Wildman–Crippen LogP) is 3.39. The number of fused-ring (bicyclic) bond motifs is 2. The highest BCUT2D eigenvalue weighted by Crippen LogP contribution is 2.42. The van der Waals surface area contributed by atoms with Gasteiger partial charge in [-0.25, -0.2) is 9.59 Å².